The Hall–Kier alpha value is -3.66. The Morgan fingerprint density at radius 1 is 1.19 bits per heavy atom. The van der Waals surface area contributed by atoms with E-state index in [0.29, 0.717) is 17.1 Å². The van der Waals surface area contributed by atoms with E-state index in [-0.39, 0.29) is 6.61 Å². The highest BCUT2D eigenvalue weighted by atomic mass is 19.1. The Morgan fingerprint density at radius 3 is 2.50 bits per heavy atom. The van der Waals surface area contributed by atoms with Gasteiger partial charge in [-0.15, -0.1) is 0 Å². The van der Waals surface area contributed by atoms with Gasteiger partial charge in [0.2, 0.25) is 0 Å². The number of nitriles is 1. The molecule has 2 aromatic rings. The van der Waals surface area contributed by atoms with Gasteiger partial charge in [-0.25, -0.2) is 9.18 Å². The molecule has 1 aliphatic carbocycles. The molecule has 166 valence electrons. The Morgan fingerprint density at radius 2 is 1.88 bits per heavy atom. The molecule has 0 amide bonds. The molecule has 0 aromatic heterocycles. The number of aliphatic carboxylic acids is 1. The van der Waals surface area contributed by atoms with Crippen LogP contribution in [0.15, 0.2) is 66.7 Å². The molecule has 1 fully saturated rings. The summed E-state index contributed by atoms with van der Waals surface area (Å²) in [6.45, 7) is 2.33. The van der Waals surface area contributed by atoms with E-state index in [9.17, 15) is 24.3 Å². The maximum Gasteiger partial charge on any atom is 0.330 e. The summed E-state index contributed by atoms with van der Waals surface area (Å²) >= 11 is 0. The second-order valence-electron chi connectivity index (χ2n) is 8.14. The highest BCUT2D eigenvalue weighted by Crippen LogP contribution is 2.75. The van der Waals surface area contributed by atoms with Crippen molar-refractivity contribution in [2.45, 2.75) is 19.8 Å². The van der Waals surface area contributed by atoms with E-state index in [2.05, 4.69) is 10.8 Å². The number of benzene rings is 2. The van der Waals surface area contributed by atoms with Crippen molar-refractivity contribution in [2.24, 2.45) is 16.7 Å². The van der Waals surface area contributed by atoms with Crippen LogP contribution >= 0.6 is 0 Å². The van der Waals surface area contributed by atoms with Crippen LogP contribution in [0.3, 0.4) is 0 Å². The second kappa shape index (κ2) is 9.23. The number of rotatable bonds is 9. The van der Waals surface area contributed by atoms with E-state index in [1.54, 1.807) is 50.2 Å². The van der Waals surface area contributed by atoms with Crippen molar-refractivity contribution < 1.29 is 28.6 Å². The minimum Gasteiger partial charge on any atom is -0.481 e. The molecule has 3 rings (SSSR count). The van der Waals surface area contributed by atoms with Gasteiger partial charge in [0.15, 0.2) is 0 Å². The maximum absolute atomic E-state index is 12.5. The SMILES string of the molecule is CC1(C)[C@H](C=CC(=O)OCCF)[C@@]1(C(=O)O)C(C#N)c1cccc(Oc2ccccc2)c1. The fourth-order valence-corrected chi connectivity index (χ4v) is 4.50. The number of nitrogens with zero attached hydrogens (tertiary/aromatic N) is 1. The first kappa shape index (κ1) is 23.0. The number of hydrogen-bond donors (Lipinski definition) is 1. The van der Waals surface area contributed by atoms with Gasteiger partial charge < -0.3 is 14.6 Å². The fraction of sp³-hybridized carbons (Fsp3) is 0.320. The summed E-state index contributed by atoms with van der Waals surface area (Å²) < 4.78 is 22.7. The second-order valence-corrected chi connectivity index (χ2v) is 8.14. The molecule has 1 aliphatic rings. The van der Waals surface area contributed by atoms with E-state index >= 15 is 0 Å². The van der Waals surface area contributed by atoms with E-state index in [1.165, 1.54) is 6.08 Å². The van der Waals surface area contributed by atoms with Crippen molar-refractivity contribution in [1.82, 2.24) is 0 Å². The van der Waals surface area contributed by atoms with Crippen LogP contribution in [0, 0.1) is 28.1 Å². The van der Waals surface area contributed by atoms with E-state index in [1.807, 2.05) is 18.2 Å². The lowest BCUT2D eigenvalue weighted by Crippen LogP contribution is -2.28. The summed E-state index contributed by atoms with van der Waals surface area (Å²) in [4.78, 5) is 24.2. The zero-order chi connectivity index (χ0) is 23.4. The third-order valence-corrected chi connectivity index (χ3v) is 6.11. The van der Waals surface area contributed by atoms with Crippen LogP contribution in [0.5, 0.6) is 11.5 Å². The third kappa shape index (κ3) is 4.09. The Labute approximate surface area is 185 Å². The molecular weight excluding hydrogens is 413 g/mol. The molecule has 32 heavy (non-hydrogen) atoms. The summed E-state index contributed by atoms with van der Waals surface area (Å²) in [5.41, 5.74) is -1.76. The van der Waals surface area contributed by atoms with Crippen LogP contribution in [-0.2, 0) is 14.3 Å². The summed E-state index contributed by atoms with van der Waals surface area (Å²) in [7, 11) is 0. The monoisotopic (exact) mass is 437 g/mol. The van der Waals surface area contributed by atoms with E-state index in [4.69, 9.17) is 4.74 Å². The van der Waals surface area contributed by atoms with Crippen molar-refractivity contribution in [2.75, 3.05) is 13.3 Å². The Kier molecular flexibility index (Phi) is 6.64. The van der Waals surface area contributed by atoms with Crippen LogP contribution in [0.2, 0.25) is 0 Å². The number of allylic oxidation sites excluding steroid dienone is 1. The van der Waals surface area contributed by atoms with E-state index in [0.717, 1.165) is 6.08 Å². The lowest BCUT2D eigenvalue weighted by Gasteiger charge is -2.22. The molecule has 0 bridgehead atoms. The van der Waals surface area contributed by atoms with E-state index < -0.39 is 41.3 Å². The molecule has 1 saturated carbocycles. The first-order valence-electron chi connectivity index (χ1n) is 10.2. The average Bonchev–Trinajstić information content (AvgIpc) is 3.27. The highest BCUT2D eigenvalue weighted by Gasteiger charge is 2.78. The van der Waals surface area contributed by atoms with Crippen LogP contribution < -0.4 is 4.74 Å². The van der Waals surface area contributed by atoms with Crippen LogP contribution in [0.25, 0.3) is 0 Å². The third-order valence-electron chi connectivity index (χ3n) is 6.11. The average molecular weight is 437 g/mol. The zero-order valence-corrected chi connectivity index (χ0v) is 17.8. The van der Waals surface area contributed by atoms with Gasteiger partial charge in [-0.1, -0.05) is 50.3 Å². The number of alkyl halides is 1. The van der Waals surface area contributed by atoms with Crippen molar-refractivity contribution in [1.29, 1.82) is 5.26 Å². The lowest BCUT2D eigenvalue weighted by atomic mass is 9.78. The number of carbonyl (C=O) groups is 2. The minimum absolute atomic E-state index is 0.365. The molecule has 0 spiro atoms. The lowest BCUT2D eigenvalue weighted by molar-refractivity contribution is -0.145. The molecule has 1 N–H and O–H groups in total. The molecule has 2 aromatic carbocycles. The molecule has 0 aliphatic heterocycles. The number of ether oxygens (including phenoxy) is 2. The van der Waals surface area contributed by atoms with Gasteiger partial charge in [0.1, 0.15) is 30.2 Å². The predicted molar refractivity (Wildman–Crippen MR) is 115 cm³/mol. The predicted octanol–water partition coefficient (Wildman–Crippen LogP) is 4.88. The normalized spacial score (nSPS) is 22.0. The largest absolute Gasteiger partial charge is 0.481 e. The number of para-hydroxylation sites is 1. The number of hydrogen-bond acceptors (Lipinski definition) is 5. The van der Waals surface area contributed by atoms with Crippen molar-refractivity contribution in [3.05, 3.63) is 72.3 Å². The van der Waals surface area contributed by atoms with Crippen LogP contribution in [0.4, 0.5) is 4.39 Å². The quantitative estimate of drug-likeness (QED) is 0.444. The van der Waals surface area contributed by atoms with Gasteiger partial charge in [0.25, 0.3) is 0 Å². The number of halogens is 1. The molecule has 1 unspecified atom stereocenters. The molecule has 0 heterocycles. The standard InChI is InChI=1S/C25H24FNO5/c1-24(2)21(11-12-22(28)31-14-13-26)25(24,23(29)30)20(16-27)17-7-6-10-19(15-17)32-18-8-4-3-5-9-18/h3-12,15,20-21H,13-14H2,1-2H3,(H,29,30)/t20?,21-,25+/m0/s1. The fourth-order valence-electron chi connectivity index (χ4n) is 4.50. The summed E-state index contributed by atoms with van der Waals surface area (Å²) in [6.07, 6.45) is 2.56. The first-order chi connectivity index (χ1) is 15.3. The van der Waals surface area contributed by atoms with Gasteiger partial charge in [-0.2, -0.15) is 5.26 Å². The van der Waals surface area contributed by atoms with Gasteiger partial charge in [-0.3, -0.25) is 4.79 Å². The highest BCUT2D eigenvalue weighted by molar-refractivity contribution is 5.86. The van der Waals surface area contributed by atoms with Gasteiger partial charge in [0, 0.05) is 12.0 Å². The first-order valence-corrected chi connectivity index (χ1v) is 10.2. The van der Waals surface area contributed by atoms with Crippen molar-refractivity contribution >= 4 is 11.9 Å². The molecule has 0 saturated heterocycles. The number of carboxylic acid groups (broad SMARTS) is 1. The Balaban J connectivity index is 1.92. The number of esters is 1. The van der Waals surface area contributed by atoms with Crippen molar-refractivity contribution in [3.63, 3.8) is 0 Å². The Bertz CT molecular complexity index is 1060. The molecule has 6 nitrogen and oxygen atoms in total. The molecule has 3 atom stereocenters. The van der Waals surface area contributed by atoms with Crippen molar-refractivity contribution in [3.8, 4) is 17.6 Å². The molecule has 0 radical (unpaired) electrons. The van der Waals surface area contributed by atoms with Gasteiger partial charge in [0.05, 0.1) is 12.0 Å². The molecule has 7 heteroatoms. The van der Waals surface area contributed by atoms with Gasteiger partial charge in [-0.05, 0) is 35.2 Å². The minimum atomic E-state index is -1.45. The summed E-state index contributed by atoms with van der Waals surface area (Å²) in [6, 6.07) is 18.1. The summed E-state index contributed by atoms with van der Waals surface area (Å²) in [5, 5.41) is 20.2. The maximum atomic E-state index is 12.5. The van der Waals surface area contributed by atoms with Gasteiger partial charge >= 0.3 is 11.9 Å². The topological polar surface area (TPSA) is 96.6 Å². The zero-order valence-electron chi connectivity index (χ0n) is 17.8. The number of carbonyl (C=O) groups excluding carboxylic acids is 1. The summed E-state index contributed by atoms with van der Waals surface area (Å²) in [5.74, 6) is -2.38. The van der Waals surface area contributed by atoms with Crippen LogP contribution in [-0.4, -0.2) is 30.3 Å². The molecular formula is C25H24FNO5. The smallest absolute Gasteiger partial charge is 0.330 e. The number of carboxylic acids is 1. The van der Waals surface area contributed by atoms with Crippen LogP contribution in [0.1, 0.15) is 25.3 Å².